The minimum Gasteiger partial charge on any atom is -0.305 e. The Morgan fingerprint density at radius 2 is 2.11 bits per heavy atom. The van der Waals surface area contributed by atoms with Gasteiger partial charge in [-0.15, -0.1) is 0 Å². The summed E-state index contributed by atoms with van der Waals surface area (Å²) in [6, 6.07) is 4.86. The van der Waals surface area contributed by atoms with Crippen LogP contribution in [0.5, 0.6) is 0 Å². The van der Waals surface area contributed by atoms with Gasteiger partial charge in [0.05, 0.1) is 15.9 Å². The van der Waals surface area contributed by atoms with Gasteiger partial charge in [-0.3, -0.25) is 10.1 Å². The van der Waals surface area contributed by atoms with Crippen molar-refractivity contribution < 1.29 is 9.13 Å². The van der Waals surface area contributed by atoms with Crippen LogP contribution in [0.3, 0.4) is 0 Å². The van der Waals surface area contributed by atoms with Crippen LogP contribution in [0.2, 0.25) is 0 Å². The van der Waals surface area contributed by atoms with Gasteiger partial charge in [-0.1, -0.05) is 0 Å². The summed E-state index contributed by atoms with van der Waals surface area (Å²) in [5.41, 5.74) is 1.96. The fraction of sp³-hybridized carbons (Fsp3) is 0.538. The number of nitrogens with one attached hydrogen (secondary N) is 1. The fourth-order valence-corrected chi connectivity index (χ4v) is 5.96. The molecule has 2 aliphatic carbocycles. The molecule has 1 aromatic rings. The number of rotatable bonds is 1. The Hall–Kier alpha value is -1.43. The second kappa shape index (κ2) is 3.79. The number of nitrogens with zero attached hydrogens (tertiary/aromatic N) is 1. The number of hydrogen-bond donors (Lipinski definition) is 1. The molecule has 6 heteroatoms. The Labute approximate surface area is 113 Å². The topological polar surface area (TPSA) is 72.2 Å². The molecular weight excluding hydrogens is 264 g/mol. The van der Waals surface area contributed by atoms with Crippen LogP contribution in [0, 0.1) is 22.0 Å². The van der Waals surface area contributed by atoms with Crippen molar-refractivity contribution in [2.45, 2.75) is 30.4 Å². The predicted molar refractivity (Wildman–Crippen MR) is 72.2 cm³/mol. The summed E-state index contributed by atoms with van der Waals surface area (Å²) in [6.07, 6.45) is 3.46. The Morgan fingerprint density at radius 3 is 2.89 bits per heavy atom. The maximum Gasteiger partial charge on any atom is 0.269 e. The van der Waals surface area contributed by atoms with Gasteiger partial charge in [0, 0.05) is 18.1 Å². The van der Waals surface area contributed by atoms with Crippen LogP contribution in [0.1, 0.15) is 30.7 Å². The van der Waals surface area contributed by atoms with Crippen molar-refractivity contribution in [2.75, 3.05) is 4.72 Å². The van der Waals surface area contributed by atoms with Crippen LogP contribution in [0.25, 0.3) is 0 Å². The zero-order chi connectivity index (χ0) is 13.1. The molecule has 3 aliphatic rings. The van der Waals surface area contributed by atoms with Crippen LogP contribution in [0.15, 0.2) is 18.2 Å². The van der Waals surface area contributed by atoms with Gasteiger partial charge < -0.3 is 4.72 Å². The summed E-state index contributed by atoms with van der Waals surface area (Å²) in [6.45, 7) is 0. The van der Waals surface area contributed by atoms with Gasteiger partial charge in [0.25, 0.3) is 5.69 Å². The molecule has 0 amide bonds. The molecule has 2 fully saturated rings. The van der Waals surface area contributed by atoms with Crippen molar-refractivity contribution in [3.8, 4) is 0 Å². The van der Waals surface area contributed by atoms with Gasteiger partial charge in [0.15, 0.2) is 0 Å². The van der Waals surface area contributed by atoms with Crippen molar-refractivity contribution in [3.63, 3.8) is 0 Å². The molecule has 1 aromatic carbocycles. The van der Waals surface area contributed by atoms with E-state index in [4.69, 9.17) is 0 Å². The number of nitro benzene ring substituents is 1. The third-order valence-electron chi connectivity index (χ3n) is 4.90. The number of non-ortho nitro benzene ring substituents is 1. The Kier molecular flexibility index (Phi) is 2.27. The van der Waals surface area contributed by atoms with Crippen LogP contribution >= 0.6 is 0 Å². The van der Waals surface area contributed by atoms with Gasteiger partial charge in [0.2, 0.25) is 0 Å². The highest BCUT2D eigenvalue weighted by Crippen LogP contribution is 2.58. The summed E-state index contributed by atoms with van der Waals surface area (Å²) in [7, 11) is -1.04. The van der Waals surface area contributed by atoms with E-state index in [0.29, 0.717) is 11.8 Å². The van der Waals surface area contributed by atoms with E-state index < -0.39 is 11.0 Å². The lowest BCUT2D eigenvalue weighted by Crippen LogP contribution is -2.37. The number of hydrogen-bond acceptors (Lipinski definition) is 3. The monoisotopic (exact) mass is 278 g/mol. The van der Waals surface area contributed by atoms with Gasteiger partial charge in [-0.2, -0.15) is 0 Å². The van der Waals surface area contributed by atoms with E-state index in [-0.39, 0.29) is 21.8 Å². The lowest BCUT2D eigenvalue weighted by atomic mass is 9.82. The summed E-state index contributed by atoms with van der Waals surface area (Å²) >= 11 is 0. The predicted octanol–water partition coefficient (Wildman–Crippen LogP) is 2.57. The number of fused-ring (bicyclic) bond motifs is 7. The minimum absolute atomic E-state index is 0.134. The Morgan fingerprint density at radius 1 is 1.32 bits per heavy atom. The second-order valence-electron chi connectivity index (χ2n) is 5.75. The van der Waals surface area contributed by atoms with Crippen LogP contribution < -0.4 is 4.72 Å². The molecular formula is C13H14N2O3S. The lowest BCUT2D eigenvalue weighted by molar-refractivity contribution is -0.384. The molecule has 100 valence electrons. The van der Waals surface area contributed by atoms with E-state index in [2.05, 4.69) is 4.72 Å². The van der Waals surface area contributed by atoms with E-state index in [0.717, 1.165) is 24.1 Å². The largest absolute Gasteiger partial charge is 0.305 e. The van der Waals surface area contributed by atoms with Gasteiger partial charge in [-0.25, -0.2) is 4.21 Å². The van der Waals surface area contributed by atoms with Crippen molar-refractivity contribution in [1.82, 2.24) is 0 Å². The molecule has 0 unspecified atom stereocenters. The molecule has 0 saturated heterocycles. The Balaban J connectivity index is 1.85. The van der Waals surface area contributed by atoms with E-state index >= 15 is 0 Å². The first-order valence-electron chi connectivity index (χ1n) is 6.60. The average Bonchev–Trinajstić information content (AvgIpc) is 2.99. The molecule has 19 heavy (non-hydrogen) atoms. The first kappa shape index (κ1) is 11.4. The second-order valence-corrected chi connectivity index (χ2v) is 7.10. The first-order valence-corrected chi connectivity index (χ1v) is 7.82. The SMILES string of the molecule is O=[N+]([O-])c1ccc2c(c1)[C@H]1[C@H]3CC[C@@H](C3)[C@@H]1[S@@](=O)N2. The molecule has 1 heterocycles. The lowest BCUT2D eigenvalue weighted by Gasteiger charge is -2.36. The number of anilines is 1. The Bertz CT molecular complexity index is 604. The van der Waals surface area contributed by atoms with E-state index in [9.17, 15) is 14.3 Å². The smallest absolute Gasteiger partial charge is 0.269 e. The standard InChI is InChI=1S/C13H14N2O3S/c16-15(17)9-3-4-11-10(6-9)12-7-1-2-8(5-7)13(12)19(18)14-11/h3-4,6-8,12-14H,1-2,5H2/t7-,8-,12+,13-,19+/m0/s1. The van der Waals surface area contributed by atoms with Crippen LogP contribution in [0.4, 0.5) is 11.4 Å². The highest BCUT2D eigenvalue weighted by molar-refractivity contribution is 7.87. The van der Waals surface area contributed by atoms with Gasteiger partial charge >= 0.3 is 0 Å². The molecule has 4 rings (SSSR count). The molecule has 2 bridgehead atoms. The molecule has 5 atom stereocenters. The van der Waals surface area contributed by atoms with Crippen molar-refractivity contribution in [1.29, 1.82) is 0 Å². The quantitative estimate of drug-likeness (QED) is 0.634. The number of nitro groups is 1. The van der Waals surface area contributed by atoms with Gasteiger partial charge in [0.1, 0.15) is 11.0 Å². The molecule has 1 N–H and O–H groups in total. The molecule has 0 aromatic heterocycles. The molecule has 0 spiro atoms. The summed E-state index contributed by atoms with van der Waals surface area (Å²) in [5.74, 6) is 1.33. The molecule has 2 saturated carbocycles. The fourth-order valence-electron chi connectivity index (χ4n) is 4.19. The number of benzene rings is 1. The van der Waals surface area contributed by atoms with Crippen molar-refractivity contribution in [2.24, 2.45) is 11.8 Å². The van der Waals surface area contributed by atoms with Crippen molar-refractivity contribution >= 4 is 22.4 Å². The minimum atomic E-state index is -1.04. The third kappa shape index (κ3) is 1.49. The maximum atomic E-state index is 12.3. The van der Waals surface area contributed by atoms with Crippen molar-refractivity contribution in [3.05, 3.63) is 33.9 Å². The summed E-state index contributed by atoms with van der Waals surface area (Å²) < 4.78 is 15.3. The highest BCUT2D eigenvalue weighted by atomic mass is 32.2. The van der Waals surface area contributed by atoms with E-state index in [1.54, 1.807) is 12.1 Å². The zero-order valence-corrected chi connectivity index (χ0v) is 11.1. The highest BCUT2D eigenvalue weighted by Gasteiger charge is 2.53. The first-order chi connectivity index (χ1) is 9.15. The average molecular weight is 278 g/mol. The van der Waals surface area contributed by atoms with E-state index in [1.807, 2.05) is 0 Å². The summed E-state index contributed by atoms with van der Waals surface area (Å²) in [5, 5.41) is 11.1. The zero-order valence-electron chi connectivity index (χ0n) is 10.2. The molecule has 5 nitrogen and oxygen atoms in total. The normalized spacial score (nSPS) is 38.4. The van der Waals surface area contributed by atoms with Crippen LogP contribution in [-0.4, -0.2) is 14.4 Å². The molecule has 1 aliphatic heterocycles. The maximum absolute atomic E-state index is 12.3. The van der Waals surface area contributed by atoms with E-state index in [1.165, 1.54) is 12.5 Å². The molecule has 0 radical (unpaired) electrons. The van der Waals surface area contributed by atoms with Crippen LogP contribution in [-0.2, 0) is 11.0 Å². The summed E-state index contributed by atoms with van der Waals surface area (Å²) in [4.78, 5) is 10.6. The van der Waals surface area contributed by atoms with Gasteiger partial charge in [-0.05, 0) is 42.7 Å². The third-order valence-corrected chi connectivity index (χ3v) is 6.50.